The molecule has 0 saturated heterocycles. The molecule has 0 fully saturated rings. The zero-order valence-corrected chi connectivity index (χ0v) is 6.13. The van der Waals surface area contributed by atoms with Gasteiger partial charge in [-0.05, 0) is 6.92 Å². The van der Waals surface area contributed by atoms with E-state index >= 15 is 0 Å². The third kappa shape index (κ3) is 3.19. The Bertz CT molecular complexity index is 142. The van der Waals surface area contributed by atoms with Crippen LogP contribution in [0.3, 0.4) is 0 Å². The molecule has 10 heavy (non-hydrogen) atoms. The molecule has 0 aliphatic heterocycles. The number of rotatable bonds is 4. The Labute approximate surface area is 59.5 Å². The van der Waals surface area contributed by atoms with Crippen molar-refractivity contribution in [2.24, 2.45) is 5.16 Å². The van der Waals surface area contributed by atoms with Gasteiger partial charge in [-0.1, -0.05) is 5.16 Å². The van der Waals surface area contributed by atoms with E-state index in [9.17, 15) is 4.79 Å². The molecule has 0 aliphatic carbocycles. The maximum absolute atomic E-state index is 10.5. The monoisotopic (exact) mass is 145 g/mol. The van der Waals surface area contributed by atoms with Crippen LogP contribution in [0.2, 0.25) is 0 Å². The van der Waals surface area contributed by atoms with Crippen molar-refractivity contribution in [3.05, 3.63) is 0 Å². The van der Waals surface area contributed by atoms with Crippen LogP contribution >= 0.6 is 0 Å². The second-order valence-corrected chi connectivity index (χ2v) is 1.74. The molecule has 0 rings (SSSR count). The molecule has 0 heterocycles. The predicted molar refractivity (Wildman–Crippen MR) is 36.4 cm³/mol. The molecular weight excluding hydrogens is 134 g/mol. The maximum Gasteiger partial charge on any atom is 0.179 e. The molecule has 4 nitrogen and oxygen atoms in total. The Morgan fingerprint density at radius 2 is 2.30 bits per heavy atom. The fraction of sp³-hybridized carbons (Fsp3) is 0.667. The SMILES string of the molecule is CCOC/C(=N\O)C(C)=O. The average Bonchev–Trinajstić information content (AvgIpc) is 1.89. The molecule has 58 valence electrons. The highest BCUT2D eigenvalue weighted by Crippen LogP contribution is 1.82. The minimum atomic E-state index is -0.268. The van der Waals surface area contributed by atoms with Gasteiger partial charge in [0.2, 0.25) is 0 Å². The largest absolute Gasteiger partial charge is 0.410 e. The van der Waals surface area contributed by atoms with Gasteiger partial charge in [0.1, 0.15) is 5.71 Å². The van der Waals surface area contributed by atoms with E-state index in [0.29, 0.717) is 6.61 Å². The molecule has 0 atom stereocenters. The van der Waals surface area contributed by atoms with Crippen LogP contribution in [0.4, 0.5) is 0 Å². The predicted octanol–water partition coefficient (Wildman–Crippen LogP) is 0.442. The fourth-order valence-corrected chi connectivity index (χ4v) is 0.400. The van der Waals surface area contributed by atoms with E-state index < -0.39 is 0 Å². The van der Waals surface area contributed by atoms with Crippen molar-refractivity contribution in [1.82, 2.24) is 0 Å². The highest BCUT2D eigenvalue weighted by atomic mass is 16.5. The lowest BCUT2D eigenvalue weighted by Gasteiger charge is -1.98. The van der Waals surface area contributed by atoms with E-state index in [4.69, 9.17) is 9.94 Å². The van der Waals surface area contributed by atoms with E-state index in [1.807, 2.05) is 0 Å². The summed E-state index contributed by atoms with van der Waals surface area (Å²) in [4.78, 5) is 10.5. The smallest absolute Gasteiger partial charge is 0.179 e. The van der Waals surface area contributed by atoms with Crippen molar-refractivity contribution >= 4 is 11.5 Å². The lowest BCUT2D eigenvalue weighted by atomic mass is 10.3. The number of carbonyl (C=O) groups excluding carboxylic acids is 1. The molecule has 0 aromatic carbocycles. The van der Waals surface area contributed by atoms with Gasteiger partial charge in [0.15, 0.2) is 5.78 Å². The van der Waals surface area contributed by atoms with E-state index in [-0.39, 0.29) is 18.1 Å². The Kier molecular flexibility index (Phi) is 4.49. The number of hydrogen-bond donors (Lipinski definition) is 1. The van der Waals surface area contributed by atoms with Crippen molar-refractivity contribution in [3.63, 3.8) is 0 Å². The van der Waals surface area contributed by atoms with Crippen LogP contribution in [0.25, 0.3) is 0 Å². The first-order valence-corrected chi connectivity index (χ1v) is 3.02. The van der Waals surface area contributed by atoms with Gasteiger partial charge in [0.05, 0.1) is 6.61 Å². The maximum atomic E-state index is 10.5. The molecule has 0 saturated carbocycles. The molecule has 0 aromatic rings. The zero-order valence-electron chi connectivity index (χ0n) is 6.13. The van der Waals surface area contributed by atoms with Crippen LogP contribution < -0.4 is 0 Å². The van der Waals surface area contributed by atoms with Crippen LogP contribution in [-0.2, 0) is 9.53 Å². The van der Waals surface area contributed by atoms with Crippen molar-refractivity contribution in [2.75, 3.05) is 13.2 Å². The highest BCUT2D eigenvalue weighted by Gasteiger charge is 2.04. The number of oxime groups is 1. The van der Waals surface area contributed by atoms with E-state index in [1.54, 1.807) is 6.92 Å². The molecule has 0 spiro atoms. The molecule has 0 amide bonds. The number of nitrogens with zero attached hydrogens (tertiary/aromatic N) is 1. The normalized spacial score (nSPS) is 11.6. The average molecular weight is 145 g/mol. The quantitative estimate of drug-likeness (QED) is 0.355. The number of ether oxygens (including phenoxy) is 1. The topological polar surface area (TPSA) is 58.9 Å². The second kappa shape index (κ2) is 4.93. The van der Waals surface area contributed by atoms with Crippen LogP contribution in [0.15, 0.2) is 5.16 Å². The van der Waals surface area contributed by atoms with Crippen LogP contribution in [0.1, 0.15) is 13.8 Å². The van der Waals surface area contributed by atoms with Gasteiger partial charge in [0, 0.05) is 13.5 Å². The Balaban J connectivity index is 3.74. The first-order valence-electron chi connectivity index (χ1n) is 3.02. The minimum Gasteiger partial charge on any atom is -0.410 e. The molecule has 0 unspecified atom stereocenters. The molecular formula is C6H11NO3. The molecule has 1 N–H and O–H groups in total. The third-order valence-corrected chi connectivity index (χ3v) is 0.970. The number of hydrogen-bond acceptors (Lipinski definition) is 4. The molecule has 0 radical (unpaired) electrons. The fourth-order valence-electron chi connectivity index (χ4n) is 0.400. The highest BCUT2D eigenvalue weighted by molar-refractivity contribution is 6.39. The van der Waals surface area contributed by atoms with Crippen LogP contribution in [-0.4, -0.2) is 29.9 Å². The Morgan fingerprint density at radius 3 is 2.60 bits per heavy atom. The van der Waals surface area contributed by atoms with Crippen molar-refractivity contribution in [2.45, 2.75) is 13.8 Å². The van der Waals surface area contributed by atoms with Gasteiger partial charge in [-0.25, -0.2) is 0 Å². The van der Waals surface area contributed by atoms with Gasteiger partial charge in [-0.2, -0.15) is 0 Å². The molecule has 4 heteroatoms. The van der Waals surface area contributed by atoms with Crippen LogP contribution in [0, 0.1) is 0 Å². The van der Waals surface area contributed by atoms with Gasteiger partial charge < -0.3 is 9.94 Å². The standard InChI is InChI=1S/C6H11NO3/c1-3-10-4-6(7-9)5(2)8/h9H,3-4H2,1-2H3/b7-6+. The summed E-state index contributed by atoms with van der Waals surface area (Å²) in [7, 11) is 0. The first kappa shape index (κ1) is 9.10. The Hall–Kier alpha value is -0.900. The number of ketones is 1. The van der Waals surface area contributed by atoms with Gasteiger partial charge in [0.25, 0.3) is 0 Å². The molecule has 0 aliphatic rings. The van der Waals surface area contributed by atoms with E-state index in [1.165, 1.54) is 6.92 Å². The lowest BCUT2D eigenvalue weighted by Crippen LogP contribution is -2.17. The minimum absolute atomic E-state index is 0.0573. The number of carbonyl (C=O) groups is 1. The summed E-state index contributed by atoms with van der Waals surface area (Å²) < 4.78 is 4.84. The second-order valence-electron chi connectivity index (χ2n) is 1.74. The van der Waals surface area contributed by atoms with Gasteiger partial charge >= 0.3 is 0 Å². The summed E-state index contributed by atoms with van der Waals surface area (Å²) in [5.41, 5.74) is 0.0573. The zero-order chi connectivity index (χ0) is 7.98. The summed E-state index contributed by atoms with van der Waals surface area (Å²) in [6.45, 7) is 3.72. The molecule has 0 aromatic heterocycles. The summed E-state index contributed by atoms with van der Waals surface area (Å²) in [6.07, 6.45) is 0. The van der Waals surface area contributed by atoms with E-state index in [0.717, 1.165) is 0 Å². The molecule has 0 bridgehead atoms. The van der Waals surface area contributed by atoms with Crippen molar-refractivity contribution < 1.29 is 14.7 Å². The first-order chi connectivity index (χ1) is 4.72. The Morgan fingerprint density at radius 1 is 1.70 bits per heavy atom. The van der Waals surface area contributed by atoms with Gasteiger partial charge in [-0.3, -0.25) is 4.79 Å². The summed E-state index contributed by atoms with van der Waals surface area (Å²) in [5.74, 6) is -0.268. The third-order valence-electron chi connectivity index (χ3n) is 0.970. The number of Topliss-reactive ketones (excluding diaryl/α,β-unsaturated/α-hetero) is 1. The van der Waals surface area contributed by atoms with Crippen molar-refractivity contribution in [3.8, 4) is 0 Å². The lowest BCUT2D eigenvalue weighted by molar-refractivity contribution is -0.111. The van der Waals surface area contributed by atoms with Gasteiger partial charge in [-0.15, -0.1) is 0 Å². The summed E-state index contributed by atoms with van der Waals surface area (Å²) >= 11 is 0. The van der Waals surface area contributed by atoms with E-state index in [2.05, 4.69) is 5.16 Å². The van der Waals surface area contributed by atoms with Crippen molar-refractivity contribution in [1.29, 1.82) is 0 Å². The summed E-state index contributed by atoms with van der Waals surface area (Å²) in [5, 5.41) is 11.0. The van der Waals surface area contributed by atoms with Crippen LogP contribution in [0.5, 0.6) is 0 Å². The summed E-state index contributed by atoms with van der Waals surface area (Å²) in [6, 6.07) is 0.